The number of benzene rings is 3. The predicted molar refractivity (Wildman–Crippen MR) is 156 cm³/mol. The molecule has 0 saturated carbocycles. The second kappa shape index (κ2) is 13.4. The highest BCUT2D eigenvalue weighted by atomic mass is 35.5. The van der Waals surface area contributed by atoms with Gasteiger partial charge in [0, 0.05) is 30.2 Å². The molecule has 0 aliphatic carbocycles. The summed E-state index contributed by atoms with van der Waals surface area (Å²) in [5, 5.41) is 4.98. The zero-order chi connectivity index (χ0) is 27.1. The minimum absolute atomic E-state index is 0.0283. The molecule has 8 heteroatoms. The number of aryl methyl sites for hydroxylation is 1. The molecule has 4 rings (SSSR count). The summed E-state index contributed by atoms with van der Waals surface area (Å²) in [6, 6.07) is 19.1. The molecule has 200 valence electrons. The summed E-state index contributed by atoms with van der Waals surface area (Å²) < 4.78 is 11.6. The van der Waals surface area contributed by atoms with E-state index in [1.165, 1.54) is 0 Å². The molecule has 0 saturated heterocycles. The van der Waals surface area contributed by atoms with Crippen molar-refractivity contribution in [3.8, 4) is 11.5 Å². The van der Waals surface area contributed by atoms with Crippen LogP contribution in [0.15, 0.2) is 66.2 Å². The van der Waals surface area contributed by atoms with Crippen molar-refractivity contribution in [2.45, 2.75) is 26.8 Å². The zero-order valence-electron chi connectivity index (χ0n) is 21.5. The lowest BCUT2D eigenvalue weighted by Crippen LogP contribution is -2.37. The van der Waals surface area contributed by atoms with Crippen LogP contribution in [0, 0.1) is 6.92 Å². The van der Waals surface area contributed by atoms with Crippen molar-refractivity contribution in [2.75, 3.05) is 32.8 Å². The highest BCUT2D eigenvalue weighted by Crippen LogP contribution is 2.34. The van der Waals surface area contributed by atoms with Gasteiger partial charge < -0.3 is 19.7 Å². The molecule has 3 aromatic rings. The van der Waals surface area contributed by atoms with Gasteiger partial charge >= 0.3 is 0 Å². The van der Waals surface area contributed by atoms with Crippen molar-refractivity contribution in [2.24, 2.45) is 0 Å². The summed E-state index contributed by atoms with van der Waals surface area (Å²) in [6.45, 7) is 6.97. The molecule has 0 atom stereocenters. The summed E-state index contributed by atoms with van der Waals surface area (Å²) >= 11 is 18.8. The quantitative estimate of drug-likeness (QED) is 0.260. The van der Waals surface area contributed by atoms with E-state index in [0.29, 0.717) is 53.7 Å². The maximum atomic E-state index is 13.6. The predicted octanol–water partition coefficient (Wildman–Crippen LogP) is 7.21. The van der Waals surface area contributed by atoms with Gasteiger partial charge in [0.15, 0.2) is 5.75 Å². The third-order valence-electron chi connectivity index (χ3n) is 6.41. The third kappa shape index (κ3) is 7.03. The number of ether oxygens (including phenoxy) is 2. The van der Waals surface area contributed by atoms with Crippen molar-refractivity contribution in [1.82, 2.24) is 10.2 Å². The molecule has 1 amide bonds. The fourth-order valence-electron chi connectivity index (χ4n) is 4.44. The van der Waals surface area contributed by atoms with Gasteiger partial charge in [-0.3, -0.25) is 4.79 Å². The Morgan fingerprint density at radius 3 is 2.32 bits per heavy atom. The smallest absolute Gasteiger partial charge is 0.251 e. The van der Waals surface area contributed by atoms with Gasteiger partial charge in [0.2, 0.25) is 0 Å². The van der Waals surface area contributed by atoms with E-state index < -0.39 is 0 Å². The number of amides is 1. The van der Waals surface area contributed by atoms with E-state index in [0.717, 1.165) is 46.6 Å². The van der Waals surface area contributed by atoms with E-state index in [1.54, 1.807) is 0 Å². The monoisotopic (exact) mass is 572 g/mol. The SMILES string of the molecule is CCN(Cc1ccccc1Cl)C(=O)C1=C(c2ccc(OCCOc3c(Cl)cc(C)cc3Cl)cc2)CCNC1. The first kappa shape index (κ1) is 28.3. The lowest BCUT2D eigenvalue weighted by atomic mass is 9.93. The second-order valence-corrected chi connectivity index (χ2v) is 10.3. The molecule has 1 N–H and O–H groups in total. The minimum Gasteiger partial charge on any atom is -0.490 e. The van der Waals surface area contributed by atoms with Gasteiger partial charge in [-0.05, 0) is 79.4 Å². The lowest BCUT2D eigenvalue weighted by molar-refractivity contribution is -0.127. The van der Waals surface area contributed by atoms with Crippen molar-refractivity contribution in [3.05, 3.63) is 98.0 Å². The van der Waals surface area contributed by atoms with E-state index in [4.69, 9.17) is 44.3 Å². The van der Waals surface area contributed by atoms with E-state index >= 15 is 0 Å². The van der Waals surface area contributed by atoms with Crippen LogP contribution in [-0.4, -0.2) is 43.7 Å². The molecule has 0 fully saturated rings. The van der Waals surface area contributed by atoms with E-state index in [1.807, 2.05) is 79.4 Å². The number of carbonyl (C=O) groups excluding carboxylic acids is 1. The van der Waals surface area contributed by atoms with Gasteiger partial charge in [0.05, 0.1) is 10.0 Å². The number of hydrogen-bond acceptors (Lipinski definition) is 4. The molecule has 3 aromatic carbocycles. The normalized spacial score (nSPS) is 13.4. The zero-order valence-corrected chi connectivity index (χ0v) is 23.8. The number of carbonyl (C=O) groups is 1. The van der Waals surface area contributed by atoms with Crippen LogP contribution in [0.3, 0.4) is 0 Å². The molecule has 1 aliphatic heterocycles. The van der Waals surface area contributed by atoms with Crippen LogP contribution in [-0.2, 0) is 11.3 Å². The maximum Gasteiger partial charge on any atom is 0.251 e. The second-order valence-electron chi connectivity index (χ2n) is 9.07. The Bertz CT molecular complexity index is 1290. The van der Waals surface area contributed by atoms with Crippen molar-refractivity contribution in [3.63, 3.8) is 0 Å². The fourth-order valence-corrected chi connectivity index (χ4v) is 5.34. The van der Waals surface area contributed by atoms with Gasteiger partial charge in [0.1, 0.15) is 19.0 Å². The van der Waals surface area contributed by atoms with Gasteiger partial charge in [-0.2, -0.15) is 0 Å². The molecule has 0 aromatic heterocycles. The largest absolute Gasteiger partial charge is 0.490 e. The molecule has 1 aliphatic rings. The standard InChI is InChI=1S/C30H31Cl3N2O3/c1-3-35(19-22-6-4-5-7-26(22)31)30(36)25-18-34-13-12-24(25)21-8-10-23(11-9-21)37-14-15-38-29-27(32)16-20(2)17-28(29)33/h4-11,16-17,34H,3,12-15,18-19H2,1-2H3. The van der Waals surface area contributed by atoms with Crippen LogP contribution < -0.4 is 14.8 Å². The molecule has 0 radical (unpaired) electrons. The first-order valence-corrected chi connectivity index (χ1v) is 13.8. The molecular weight excluding hydrogens is 543 g/mol. The van der Waals surface area contributed by atoms with Crippen LogP contribution >= 0.6 is 34.8 Å². The van der Waals surface area contributed by atoms with Crippen LogP contribution in [0.5, 0.6) is 11.5 Å². The number of hydrogen-bond donors (Lipinski definition) is 1. The molecule has 1 heterocycles. The van der Waals surface area contributed by atoms with Gasteiger partial charge in [-0.25, -0.2) is 0 Å². The summed E-state index contributed by atoms with van der Waals surface area (Å²) in [5.74, 6) is 1.21. The summed E-state index contributed by atoms with van der Waals surface area (Å²) in [6.07, 6.45) is 0.775. The van der Waals surface area contributed by atoms with E-state index in [-0.39, 0.29) is 5.91 Å². The molecule has 0 bridgehead atoms. The number of halogens is 3. The van der Waals surface area contributed by atoms with Gasteiger partial charge in [-0.15, -0.1) is 0 Å². The Morgan fingerprint density at radius 2 is 1.63 bits per heavy atom. The molecule has 0 spiro atoms. The maximum absolute atomic E-state index is 13.6. The van der Waals surface area contributed by atoms with Crippen molar-refractivity contribution < 1.29 is 14.3 Å². The van der Waals surface area contributed by atoms with Crippen molar-refractivity contribution >= 4 is 46.3 Å². The highest BCUT2D eigenvalue weighted by Gasteiger charge is 2.24. The topological polar surface area (TPSA) is 50.8 Å². The van der Waals surface area contributed by atoms with Gasteiger partial charge in [-0.1, -0.05) is 65.1 Å². The molecule has 0 unspecified atom stereocenters. The highest BCUT2D eigenvalue weighted by molar-refractivity contribution is 6.37. The number of rotatable bonds is 10. The Hall–Kier alpha value is -2.70. The summed E-state index contributed by atoms with van der Waals surface area (Å²) in [5.41, 5.74) is 4.78. The number of nitrogens with one attached hydrogen (secondary N) is 1. The average molecular weight is 574 g/mol. The molecule has 5 nitrogen and oxygen atoms in total. The minimum atomic E-state index is 0.0283. The average Bonchev–Trinajstić information content (AvgIpc) is 2.91. The lowest BCUT2D eigenvalue weighted by Gasteiger charge is -2.27. The Balaban J connectivity index is 1.41. The molecule has 38 heavy (non-hydrogen) atoms. The molecular formula is C30H31Cl3N2O3. The van der Waals surface area contributed by atoms with Crippen LogP contribution in [0.1, 0.15) is 30.0 Å². The Kier molecular flexibility index (Phi) is 9.97. The first-order valence-electron chi connectivity index (χ1n) is 12.6. The van der Waals surface area contributed by atoms with Gasteiger partial charge in [0.25, 0.3) is 5.91 Å². The van der Waals surface area contributed by atoms with Crippen molar-refractivity contribution in [1.29, 1.82) is 0 Å². The summed E-state index contributed by atoms with van der Waals surface area (Å²) in [4.78, 5) is 15.4. The van der Waals surface area contributed by atoms with E-state index in [2.05, 4.69) is 5.32 Å². The fraction of sp³-hybridized carbons (Fsp3) is 0.300. The summed E-state index contributed by atoms with van der Waals surface area (Å²) in [7, 11) is 0. The Labute approximate surface area is 239 Å². The number of likely N-dealkylation sites (N-methyl/N-ethyl adjacent to an activating group) is 1. The van der Waals surface area contributed by atoms with Crippen LogP contribution in [0.2, 0.25) is 15.1 Å². The van der Waals surface area contributed by atoms with E-state index in [9.17, 15) is 4.79 Å². The first-order chi connectivity index (χ1) is 18.4. The van der Waals surface area contributed by atoms with Crippen LogP contribution in [0.25, 0.3) is 5.57 Å². The Morgan fingerprint density at radius 1 is 0.947 bits per heavy atom. The number of nitrogens with zero attached hydrogens (tertiary/aromatic N) is 1. The van der Waals surface area contributed by atoms with Crippen LogP contribution in [0.4, 0.5) is 0 Å². The third-order valence-corrected chi connectivity index (χ3v) is 7.34.